The zero-order valence-electron chi connectivity index (χ0n) is 7.12. The zero-order chi connectivity index (χ0) is 9.61. The zero-order valence-corrected chi connectivity index (χ0v) is 7.12. The maximum absolute atomic E-state index is 11.6. The Labute approximate surface area is 70.3 Å². The Hall–Kier alpha value is -0.290. The van der Waals surface area contributed by atoms with E-state index in [4.69, 9.17) is 5.73 Å². The average Bonchev–Trinajstić information content (AvgIpc) is 1.96. The summed E-state index contributed by atoms with van der Waals surface area (Å²) < 4.78 is 34.7. The third-order valence-corrected chi connectivity index (χ3v) is 1.54. The number of hydrogen-bond acceptors (Lipinski definition) is 2. The average molecular weight is 184 g/mol. The summed E-state index contributed by atoms with van der Waals surface area (Å²) in [5, 5.41) is 2.29. The number of rotatable bonds is 5. The van der Waals surface area contributed by atoms with E-state index >= 15 is 0 Å². The topological polar surface area (TPSA) is 38.0 Å². The first-order valence-electron chi connectivity index (χ1n) is 3.98. The highest BCUT2D eigenvalue weighted by atomic mass is 19.4. The Balaban J connectivity index is 3.22. The monoisotopic (exact) mass is 184 g/mol. The predicted octanol–water partition coefficient (Wildman–Crippen LogP) is 1.27. The molecule has 5 heteroatoms. The van der Waals surface area contributed by atoms with Crippen LogP contribution in [0.2, 0.25) is 0 Å². The lowest BCUT2D eigenvalue weighted by Crippen LogP contribution is -2.32. The summed E-state index contributed by atoms with van der Waals surface area (Å²) >= 11 is 0. The predicted molar refractivity (Wildman–Crippen MR) is 41.8 cm³/mol. The summed E-state index contributed by atoms with van der Waals surface area (Å²) in [6.45, 7) is 1.31. The molecule has 3 N–H and O–H groups in total. The van der Waals surface area contributed by atoms with Gasteiger partial charge < -0.3 is 11.1 Å². The van der Waals surface area contributed by atoms with Gasteiger partial charge in [0.1, 0.15) is 0 Å². The normalized spacial score (nSPS) is 14.8. The van der Waals surface area contributed by atoms with Crippen LogP contribution in [0.1, 0.15) is 19.8 Å². The minimum atomic E-state index is -4.11. The molecule has 74 valence electrons. The maximum atomic E-state index is 11.6. The van der Waals surface area contributed by atoms with Crippen molar-refractivity contribution in [2.24, 2.45) is 5.73 Å². The summed E-state index contributed by atoms with van der Waals surface area (Å²) in [6.07, 6.45) is -2.73. The molecule has 0 saturated carbocycles. The van der Waals surface area contributed by atoms with E-state index in [1.165, 1.54) is 0 Å². The Morgan fingerprint density at radius 2 is 2.00 bits per heavy atom. The van der Waals surface area contributed by atoms with Gasteiger partial charge in [0.05, 0.1) is 6.54 Å². The van der Waals surface area contributed by atoms with Crippen LogP contribution >= 0.6 is 0 Å². The number of nitrogens with two attached hydrogens (primary N) is 1. The standard InChI is InChI=1S/C7H15F3N2/c1-2-6(11)3-4-12-5-7(8,9)10/h6,12H,2-5,11H2,1H3. The van der Waals surface area contributed by atoms with Gasteiger partial charge in [0.25, 0.3) is 0 Å². The van der Waals surface area contributed by atoms with Crippen LogP contribution in [0.4, 0.5) is 13.2 Å². The van der Waals surface area contributed by atoms with Gasteiger partial charge in [-0.2, -0.15) is 13.2 Å². The molecule has 0 aromatic heterocycles. The quantitative estimate of drug-likeness (QED) is 0.631. The molecule has 2 nitrogen and oxygen atoms in total. The molecule has 0 rings (SSSR count). The molecular weight excluding hydrogens is 169 g/mol. The van der Waals surface area contributed by atoms with Gasteiger partial charge in [-0.1, -0.05) is 6.92 Å². The van der Waals surface area contributed by atoms with Crippen molar-refractivity contribution in [3.05, 3.63) is 0 Å². The third-order valence-electron chi connectivity index (χ3n) is 1.54. The summed E-state index contributed by atoms with van der Waals surface area (Å²) in [6, 6.07) is 0.00531. The molecule has 0 aliphatic rings. The van der Waals surface area contributed by atoms with Gasteiger partial charge in [0, 0.05) is 6.04 Å². The Morgan fingerprint density at radius 3 is 2.42 bits per heavy atom. The largest absolute Gasteiger partial charge is 0.401 e. The summed E-state index contributed by atoms with van der Waals surface area (Å²) in [7, 11) is 0. The Kier molecular flexibility index (Phi) is 5.24. The molecule has 0 amide bonds. The van der Waals surface area contributed by atoms with Crippen LogP contribution in [-0.4, -0.2) is 25.3 Å². The van der Waals surface area contributed by atoms with Crippen LogP contribution in [0.3, 0.4) is 0 Å². The van der Waals surface area contributed by atoms with E-state index < -0.39 is 12.7 Å². The lowest BCUT2D eigenvalue weighted by atomic mass is 10.2. The second kappa shape index (κ2) is 5.37. The highest BCUT2D eigenvalue weighted by molar-refractivity contribution is 4.62. The first-order chi connectivity index (χ1) is 5.45. The molecule has 0 aromatic carbocycles. The van der Waals surface area contributed by atoms with Crippen molar-refractivity contribution in [2.75, 3.05) is 13.1 Å². The first-order valence-corrected chi connectivity index (χ1v) is 3.98. The molecule has 0 fully saturated rings. The second-order valence-electron chi connectivity index (χ2n) is 2.75. The van der Waals surface area contributed by atoms with Crippen LogP contribution in [0, 0.1) is 0 Å². The molecule has 0 spiro atoms. The maximum Gasteiger partial charge on any atom is 0.401 e. The summed E-state index contributed by atoms with van der Waals surface area (Å²) in [5.41, 5.74) is 5.50. The Bertz CT molecular complexity index is 114. The second-order valence-corrected chi connectivity index (χ2v) is 2.75. The highest BCUT2D eigenvalue weighted by Gasteiger charge is 2.25. The van der Waals surface area contributed by atoms with Crippen LogP contribution in [0.25, 0.3) is 0 Å². The molecule has 0 aromatic rings. The van der Waals surface area contributed by atoms with Gasteiger partial charge >= 0.3 is 6.18 Å². The number of nitrogens with one attached hydrogen (secondary N) is 1. The molecule has 1 atom stereocenters. The van der Waals surface area contributed by atoms with Gasteiger partial charge in [-0.05, 0) is 19.4 Å². The van der Waals surface area contributed by atoms with Crippen LogP contribution < -0.4 is 11.1 Å². The van der Waals surface area contributed by atoms with E-state index in [-0.39, 0.29) is 6.04 Å². The molecule has 1 unspecified atom stereocenters. The third kappa shape index (κ3) is 7.81. The van der Waals surface area contributed by atoms with Gasteiger partial charge in [0.2, 0.25) is 0 Å². The molecule has 0 aliphatic carbocycles. The van der Waals surface area contributed by atoms with Gasteiger partial charge in [-0.15, -0.1) is 0 Å². The molecule has 0 radical (unpaired) electrons. The van der Waals surface area contributed by atoms with E-state index in [0.29, 0.717) is 13.0 Å². The number of halogens is 3. The van der Waals surface area contributed by atoms with Crippen molar-refractivity contribution in [1.29, 1.82) is 0 Å². The van der Waals surface area contributed by atoms with Crippen LogP contribution in [-0.2, 0) is 0 Å². The van der Waals surface area contributed by atoms with Gasteiger partial charge in [-0.25, -0.2) is 0 Å². The fourth-order valence-corrected chi connectivity index (χ4v) is 0.722. The SMILES string of the molecule is CCC(N)CCNCC(F)(F)F. The molecule has 12 heavy (non-hydrogen) atoms. The van der Waals surface area contributed by atoms with Crippen molar-refractivity contribution >= 4 is 0 Å². The van der Waals surface area contributed by atoms with Gasteiger partial charge in [0.15, 0.2) is 0 Å². The highest BCUT2D eigenvalue weighted by Crippen LogP contribution is 2.11. The van der Waals surface area contributed by atoms with E-state index in [2.05, 4.69) is 5.32 Å². The lowest BCUT2D eigenvalue weighted by molar-refractivity contribution is -0.124. The van der Waals surface area contributed by atoms with Crippen LogP contribution in [0.15, 0.2) is 0 Å². The summed E-state index contributed by atoms with van der Waals surface area (Å²) in [4.78, 5) is 0. The number of hydrogen-bond donors (Lipinski definition) is 2. The number of alkyl halides is 3. The van der Waals surface area contributed by atoms with Crippen molar-refractivity contribution < 1.29 is 13.2 Å². The van der Waals surface area contributed by atoms with Gasteiger partial charge in [-0.3, -0.25) is 0 Å². The first kappa shape index (κ1) is 11.7. The van der Waals surface area contributed by atoms with E-state index in [0.717, 1.165) is 6.42 Å². The molecule has 0 heterocycles. The molecule has 0 aliphatic heterocycles. The smallest absolute Gasteiger partial charge is 0.328 e. The van der Waals surface area contributed by atoms with Crippen molar-refractivity contribution in [2.45, 2.75) is 32.0 Å². The van der Waals surface area contributed by atoms with Crippen LogP contribution in [0.5, 0.6) is 0 Å². The molecule has 0 saturated heterocycles. The van der Waals surface area contributed by atoms with Crippen molar-refractivity contribution in [3.8, 4) is 0 Å². The fraction of sp³-hybridized carbons (Fsp3) is 1.00. The van der Waals surface area contributed by atoms with Crippen molar-refractivity contribution in [1.82, 2.24) is 5.32 Å². The summed E-state index contributed by atoms with van der Waals surface area (Å²) in [5.74, 6) is 0. The van der Waals surface area contributed by atoms with E-state index in [1.54, 1.807) is 0 Å². The Morgan fingerprint density at radius 1 is 1.42 bits per heavy atom. The van der Waals surface area contributed by atoms with E-state index in [9.17, 15) is 13.2 Å². The van der Waals surface area contributed by atoms with E-state index in [1.807, 2.05) is 6.92 Å². The van der Waals surface area contributed by atoms with Crippen molar-refractivity contribution in [3.63, 3.8) is 0 Å². The minimum absolute atomic E-state index is 0.00531. The lowest BCUT2D eigenvalue weighted by Gasteiger charge is -2.10. The fourth-order valence-electron chi connectivity index (χ4n) is 0.722. The molecule has 0 bridgehead atoms. The molecular formula is C7H15F3N2. The minimum Gasteiger partial charge on any atom is -0.328 e.